The van der Waals surface area contributed by atoms with Gasteiger partial charge in [0.2, 0.25) is 0 Å². The van der Waals surface area contributed by atoms with E-state index in [1.807, 2.05) is 12.1 Å². The Morgan fingerprint density at radius 3 is 2.12 bits per heavy atom. The molecule has 34 heavy (non-hydrogen) atoms. The van der Waals surface area contributed by atoms with Crippen LogP contribution >= 0.6 is 0 Å². The Morgan fingerprint density at radius 1 is 1.00 bits per heavy atom. The second-order valence-corrected chi connectivity index (χ2v) is 8.09. The van der Waals surface area contributed by atoms with Crippen molar-refractivity contribution in [3.63, 3.8) is 0 Å². The monoisotopic (exact) mass is 477 g/mol. The van der Waals surface area contributed by atoms with Crippen LogP contribution in [0.1, 0.15) is 35.4 Å². The van der Waals surface area contributed by atoms with Crippen molar-refractivity contribution in [1.82, 2.24) is 5.32 Å². The lowest BCUT2D eigenvalue weighted by Gasteiger charge is -2.20. The van der Waals surface area contributed by atoms with Crippen molar-refractivity contribution in [2.75, 3.05) is 13.2 Å². The highest BCUT2D eigenvalue weighted by Gasteiger charge is 2.40. The number of rotatable bonds is 9. The molecule has 9 nitrogen and oxygen atoms in total. The molecule has 3 rings (SSSR count). The fourth-order valence-corrected chi connectivity index (χ4v) is 3.56. The van der Waals surface area contributed by atoms with Crippen molar-refractivity contribution in [2.45, 2.75) is 43.9 Å². The van der Waals surface area contributed by atoms with Crippen molar-refractivity contribution in [2.24, 2.45) is 0 Å². The summed E-state index contributed by atoms with van der Waals surface area (Å²) in [5, 5.41) is 37.4. The zero-order valence-electron chi connectivity index (χ0n) is 18.6. The normalized spacial score (nSPS) is 17.5. The summed E-state index contributed by atoms with van der Waals surface area (Å²) in [6.45, 7) is 4.35. The molecule has 0 unspecified atom stereocenters. The van der Waals surface area contributed by atoms with E-state index in [9.17, 15) is 18.8 Å². The van der Waals surface area contributed by atoms with Crippen LogP contribution < -0.4 is 5.32 Å². The maximum absolute atomic E-state index is 13.0. The third-order valence-electron chi connectivity index (χ3n) is 5.48. The van der Waals surface area contributed by atoms with E-state index in [-0.39, 0.29) is 17.8 Å². The number of hydrogen-bond acceptors (Lipinski definition) is 6. The minimum absolute atomic E-state index is 0.193. The van der Waals surface area contributed by atoms with Gasteiger partial charge < -0.3 is 30.5 Å². The lowest BCUT2D eigenvalue weighted by molar-refractivity contribution is -0.170. The van der Waals surface area contributed by atoms with E-state index in [1.54, 1.807) is 0 Å². The predicted octanol–water partition coefficient (Wildman–Crippen LogP) is 2.16. The zero-order valence-corrected chi connectivity index (χ0v) is 18.6. The first-order chi connectivity index (χ1) is 16.0. The van der Waals surface area contributed by atoms with Gasteiger partial charge in [0.15, 0.2) is 5.60 Å². The molecule has 1 aliphatic heterocycles. The molecule has 0 aromatic heterocycles. The number of halogens is 1. The van der Waals surface area contributed by atoms with Crippen LogP contribution in [0.3, 0.4) is 0 Å². The Labute approximate surface area is 195 Å². The molecular formula is C24H28FNO8. The minimum Gasteiger partial charge on any atom is -0.481 e. The largest absolute Gasteiger partial charge is 0.481 e. The summed E-state index contributed by atoms with van der Waals surface area (Å²) in [5.74, 6) is -4.92. The molecule has 1 fully saturated rings. The van der Waals surface area contributed by atoms with Crippen LogP contribution in [0.25, 0.3) is 0 Å². The van der Waals surface area contributed by atoms with E-state index >= 15 is 0 Å². The van der Waals surface area contributed by atoms with Crippen molar-refractivity contribution >= 4 is 17.9 Å². The van der Waals surface area contributed by atoms with Crippen molar-refractivity contribution < 1.29 is 43.9 Å². The zero-order chi connectivity index (χ0) is 25.3. The smallest absolute Gasteiger partial charge is 0.336 e. The summed E-state index contributed by atoms with van der Waals surface area (Å²) < 4.78 is 18.7. The lowest BCUT2D eigenvalue weighted by Crippen LogP contribution is -2.42. The average molecular weight is 477 g/mol. The number of carboxylic acids is 3. The number of aliphatic hydroxyl groups is 1. The predicted molar refractivity (Wildman–Crippen MR) is 119 cm³/mol. The van der Waals surface area contributed by atoms with Gasteiger partial charge in [-0.15, -0.1) is 0 Å². The number of hydrogen-bond donors (Lipinski definition) is 5. The van der Waals surface area contributed by atoms with Gasteiger partial charge in [0.05, 0.1) is 26.1 Å². The third kappa shape index (κ3) is 7.91. The molecule has 0 spiro atoms. The van der Waals surface area contributed by atoms with Crippen LogP contribution in [0.15, 0.2) is 48.5 Å². The number of nitrogens with one attached hydrogen (secondary N) is 1. The van der Waals surface area contributed by atoms with E-state index in [2.05, 4.69) is 36.5 Å². The SMILES string of the molecule is Cc1ccccc1CN[C@@H]1COC[C@H]1c1ccc(F)cc1.O=C(O)CC(O)(CC(=O)O)C(=O)O. The number of carboxylic acid groups (broad SMARTS) is 3. The molecular weight excluding hydrogens is 449 g/mol. The number of benzene rings is 2. The molecule has 2 aromatic rings. The second kappa shape index (κ2) is 12.2. The minimum atomic E-state index is -2.74. The van der Waals surface area contributed by atoms with Crippen molar-refractivity contribution in [1.29, 1.82) is 0 Å². The molecule has 5 N–H and O–H groups in total. The Kier molecular flexibility index (Phi) is 9.67. The molecule has 1 saturated heterocycles. The molecule has 10 heteroatoms. The summed E-state index contributed by atoms with van der Waals surface area (Å²) in [6, 6.07) is 15.4. The highest BCUT2D eigenvalue weighted by Crippen LogP contribution is 2.26. The molecule has 2 aromatic carbocycles. The maximum atomic E-state index is 13.0. The topological polar surface area (TPSA) is 153 Å². The van der Waals surface area contributed by atoms with Gasteiger partial charge >= 0.3 is 17.9 Å². The molecule has 0 amide bonds. The van der Waals surface area contributed by atoms with Gasteiger partial charge in [-0.3, -0.25) is 9.59 Å². The Bertz CT molecular complexity index is 979. The van der Waals surface area contributed by atoms with Crippen LogP contribution in [0.2, 0.25) is 0 Å². The van der Waals surface area contributed by atoms with Gasteiger partial charge in [0.1, 0.15) is 5.82 Å². The summed E-state index contributed by atoms with van der Waals surface area (Å²) in [4.78, 5) is 30.5. The first-order valence-corrected chi connectivity index (χ1v) is 10.5. The first-order valence-electron chi connectivity index (χ1n) is 10.5. The van der Waals surface area contributed by atoms with Gasteiger partial charge in [-0.2, -0.15) is 0 Å². The van der Waals surface area contributed by atoms with Crippen LogP contribution in [0.4, 0.5) is 4.39 Å². The standard InChI is InChI=1S/C18H20FNO.C6H8O7/c1-13-4-2-3-5-15(13)10-20-18-12-21-11-17(18)14-6-8-16(19)9-7-14;7-3(8)1-6(13,5(11)12)2-4(9)10/h2-9,17-18,20H,10-12H2,1H3;13H,1-2H2,(H,7,8)(H,9,10)(H,11,12)/t17-,18+;/m0./s1. The molecule has 1 heterocycles. The first kappa shape index (κ1) is 26.9. The van der Waals surface area contributed by atoms with Gasteiger partial charge in [-0.05, 0) is 35.7 Å². The Morgan fingerprint density at radius 2 is 1.59 bits per heavy atom. The van der Waals surface area contributed by atoms with E-state index in [4.69, 9.17) is 25.2 Å². The van der Waals surface area contributed by atoms with Gasteiger partial charge in [0.25, 0.3) is 0 Å². The van der Waals surface area contributed by atoms with Crippen LogP contribution in [0, 0.1) is 12.7 Å². The highest BCUT2D eigenvalue weighted by atomic mass is 19.1. The van der Waals surface area contributed by atoms with Gasteiger partial charge in [0, 0.05) is 18.5 Å². The molecule has 0 saturated carbocycles. The lowest BCUT2D eigenvalue weighted by atomic mass is 9.94. The molecule has 2 atom stereocenters. The van der Waals surface area contributed by atoms with Crippen LogP contribution in [-0.2, 0) is 25.7 Å². The fourth-order valence-electron chi connectivity index (χ4n) is 3.56. The van der Waals surface area contributed by atoms with E-state index in [0.717, 1.165) is 12.1 Å². The van der Waals surface area contributed by atoms with Gasteiger partial charge in [-0.1, -0.05) is 36.4 Å². The molecule has 1 aliphatic rings. The Balaban J connectivity index is 0.000000273. The maximum Gasteiger partial charge on any atom is 0.336 e. The van der Waals surface area contributed by atoms with Gasteiger partial charge in [-0.25, -0.2) is 9.18 Å². The second-order valence-electron chi connectivity index (χ2n) is 8.09. The quantitative estimate of drug-likeness (QED) is 0.366. The molecule has 0 aliphatic carbocycles. The Hall–Kier alpha value is -3.34. The summed E-state index contributed by atoms with van der Waals surface area (Å²) in [7, 11) is 0. The van der Waals surface area contributed by atoms with Crippen LogP contribution in [0.5, 0.6) is 0 Å². The summed E-state index contributed by atoms with van der Waals surface area (Å²) in [6.07, 6.45) is -2.29. The number of aryl methyl sites for hydroxylation is 1. The van der Waals surface area contributed by atoms with E-state index in [1.165, 1.54) is 23.3 Å². The average Bonchev–Trinajstić information content (AvgIpc) is 3.21. The summed E-state index contributed by atoms with van der Waals surface area (Å²) >= 11 is 0. The fraction of sp³-hybridized carbons (Fsp3) is 0.375. The third-order valence-corrected chi connectivity index (χ3v) is 5.48. The molecule has 0 radical (unpaired) electrons. The van der Waals surface area contributed by atoms with Crippen molar-refractivity contribution in [3.8, 4) is 0 Å². The molecule has 184 valence electrons. The number of aliphatic carboxylic acids is 3. The van der Waals surface area contributed by atoms with Crippen LogP contribution in [-0.4, -0.2) is 63.2 Å². The highest BCUT2D eigenvalue weighted by molar-refractivity contribution is 5.88. The van der Waals surface area contributed by atoms with Crippen molar-refractivity contribution in [3.05, 3.63) is 71.0 Å². The van der Waals surface area contributed by atoms with E-state index < -0.39 is 36.4 Å². The summed E-state index contributed by atoms with van der Waals surface area (Å²) in [5.41, 5.74) is 0.998. The molecule has 0 bridgehead atoms. The number of ether oxygens (including phenoxy) is 1. The number of carbonyl (C=O) groups is 3. The van der Waals surface area contributed by atoms with E-state index in [0.29, 0.717) is 13.2 Å².